The SMILES string of the molecule is CNC(=O)c1cc(Br)c(C(O)c2cccc(Cl)c2)o1. The van der Waals surface area contributed by atoms with Crippen molar-refractivity contribution in [2.75, 3.05) is 7.05 Å². The number of carbonyl (C=O) groups is 1. The largest absolute Gasteiger partial charge is 0.452 e. The van der Waals surface area contributed by atoms with Crippen LogP contribution >= 0.6 is 27.5 Å². The van der Waals surface area contributed by atoms with Crippen molar-refractivity contribution in [3.63, 3.8) is 0 Å². The highest BCUT2D eigenvalue weighted by atomic mass is 79.9. The van der Waals surface area contributed by atoms with Crippen LogP contribution in [0.3, 0.4) is 0 Å². The van der Waals surface area contributed by atoms with Gasteiger partial charge in [-0.3, -0.25) is 4.79 Å². The molecule has 0 radical (unpaired) electrons. The molecule has 19 heavy (non-hydrogen) atoms. The molecule has 0 bridgehead atoms. The van der Waals surface area contributed by atoms with Crippen LogP contribution in [0.5, 0.6) is 0 Å². The Hall–Kier alpha value is -1.30. The van der Waals surface area contributed by atoms with Crippen molar-refractivity contribution in [2.24, 2.45) is 0 Å². The van der Waals surface area contributed by atoms with Gasteiger partial charge in [0.2, 0.25) is 0 Å². The molecule has 0 aliphatic rings. The minimum atomic E-state index is -0.994. The number of rotatable bonds is 3. The third kappa shape index (κ3) is 3.00. The van der Waals surface area contributed by atoms with Gasteiger partial charge in [0, 0.05) is 18.1 Å². The van der Waals surface area contributed by atoms with Gasteiger partial charge in [0.25, 0.3) is 5.91 Å². The third-order valence-corrected chi connectivity index (χ3v) is 3.43. The number of halogens is 2. The van der Waals surface area contributed by atoms with Gasteiger partial charge in [-0.2, -0.15) is 0 Å². The Bertz CT molecular complexity index is 612. The van der Waals surface area contributed by atoms with E-state index in [1.54, 1.807) is 24.3 Å². The number of carbonyl (C=O) groups excluding carboxylic acids is 1. The van der Waals surface area contributed by atoms with E-state index >= 15 is 0 Å². The molecule has 1 amide bonds. The molecule has 1 aromatic carbocycles. The summed E-state index contributed by atoms with van der Waals surface area (Å²) in [5.74, 6) is 0.0385. The van der Waals surface area contributed by atoms with Crippen molar-refractivity contribution >= 4 is 33.4 Å². The zero-order valence-corrected chi connectivity index (χ0v) is 12.3. The Morgan fingerprint density at radius 1 is 1.47 bits per heavy atom. The lowest BCUT2D eigenvalue weighted by Crippen LogP contribution is -2.16. The zero-order chi connectivity index (χ0) is 14.0. The summed E-state index contributed by atoms with van der Waals surface area (Å²) in [6.07, 6.45) is -0.994. The second-order valence-electron chi connectivity index (χ2n) is 3.86. The van der Waals surface area contributed by atoms with Crippen molar-refractivity contribution in [2.45, 2.75) is 6.10 Å². The molecule has 2 aromatic rings. The van der Waals surface area contributed by atoms with Crippen LogP contribution in [0.15, 0.2) is 39.2 Å². The van der Waals surface area contributed by atoms with Crippen molar-refractivity contribution in [3.05, 3.63) is 56.9 Å². The van der Waals surface area contributed by atoms with Gasteiger partial charge in [-0.05, 0) is 33.6 Å². The monoisotopic (exact) mass is 343 g/mol. The quantitative estimate of drug-likeness (QED) is 0.899. The molecule has 0 saturated heterocycles. The lowest BCUT2D eigenvalue weighted by atomic mass is 10.1. The van der Waals surface area contributed by atoms with Crippen LogP contribution in [0.1, 0.15) is 28.0 Å². The van der Waals surface area contributed by atoms with Gasteiger partial charge in [-0.15, -0.1) is 0 Å². The molecule has 1 atom stereocenters. The highest BCUT2D eigenvalue weighted by Gasteiger charge is 2.21. The van der Waals surface area contributed by atoms with Gasteiger partial charge < -0.3 is 14.8 Å². The number of benzene rings is 1. The van der Waals surface area contributed by atoms with Crippen molar-refractivity contribution in [3.8, 4) is 0 Å². The average Bonchev–Trinajstić information content (AvgIpc) is 2.79. The van der Waals surface area contributed by atoms with Crippen molar-refractivity contribution in [1.82, 2.24) is 5.32 Å². The molecule has 0 spiro atoms. The van der Waals surface area contributed by atoms with Gasteiger partial charge in [0.05, 0.1) is 4.47 Å². The van der Waals surface area contributed by atoms with Gasteiger partial charge in [-0.1, -0.05) is 23.7 Å². The lowest BCUT2D eigenvalue weighted by Gasteiger charge is -2.09. The molecule has 4 nitrogen and oxygen atoms in total. The van der Waals surface area contributed by atoms with Crippen LogP contribution in [0.25, 0.3) is 0 Å². The lowest BCUT2D eigenvalue weighted by molar-refractivity contribution is 0.0927. The summed E-state index contributed by atoms with van der Waals surface area (Å²) in [5, 5.41) is 13.2. The molecule has 1 heterocycles. The van der Waals surface area contributed by atoms with Crippen LogP contribution in [0.4, 0.5) is 0 Å². The third-order valence-electron chi connectivity index (χ3n) is 2.58. The molecule has 2 N–H and O–H groups in total. The Kier molecular flexibility index (Phi) is 4.29. The highest BCUT2D eigenvalue weighted by molar-refractivity contribution is 9.10. The topological polar surface area (TPSA) is 62.5 Å². The molecule has 1 unspecified atom stereocenters. The first-order chi connectivity index (χ1) is 9.02. The van der Waals surface area contributed by atoms with Crippen LogP contribution in [-0.4, -0.2) is 18.1 Å². The maximum absolute atomic E-state index is 11.5. The van der Waals surface area contributed by atoms with Crippen molar-refractivity contribution < 1.29 is 14.3 Å². The van der Waals surface area contributed by atoms with E-state index in [-0.39, 0.29) is 17.4 Å². The number of furan rings is 1. The molecule has 0 aliphatic carbocycles. The Morgan fingerprint density at radius 3 is 2.84 bits per heavy atom. The predicted molar refractivity (Wildman–Crippen MR) is 75.3 cm³/mol. The number of nitrogens with one attached hydrogen (secondary N) is 1. The maximum atomic E-state index is 11.5. The Morgan fingerprint density at radius 2 is 2.21 bits per heavy atom. The van der Waals surface area contributed by atoms with E-state index in [1.165, 1.54) is 13.1 Å². The maximum Gasteiger partial charge on any atom is 0.286 e. The van der Waals surface area contributed by atoms with Gasteiger partial charge in [0.15, 0.2) is 11.5 Å². The second kappa shape index (κ2) is 5.77. The first-order valence-corrected chi connectivity index (χ1v) is 6.65. The average molecular weight is 345 g/mol. The molecule has 100 valence electrons. The fourth-order valence-corrected chi connectivity index (χ4v) is 2.34. The fraction of sp³-hybridized carbons (Fsp3) is 0.154. The number of aliphatic hydroxyl groups excluding tert-OH is 1. The van der Waals surface area contributed by atoms with Gasteiger partial charge in [0.1, 0.15) is 6.10 Å². The Balaban J connectivity index is 2.36. The molecule has 0 fully saturated rings. The molecule has 1 aromatic heterocycles. The first kappa shape index (κ1) is 14.1. The Labute approximate surface area is 123 Å². The number of hydrogen-bond acceptors (Lipinski definition) is 3. The van der Waals surface area contributed by atoms with Crippen LogP contribution in [-0.2, 0) is 0 Å². The molecule has 6 heteroatoms. The molecule has 0 saturated carbocycles. The molecule has 0 aliphatic heterocycles. The molecular weight excluding hydrogens is 334 g/mol. The summed E-state index contributed by atoms with van der Waals surface area (Å²) in [4.78, 5) is 11.5. The summed E-state index contributed by atoms with van der Waals surface area (Å²) in [5.41, 5.74) is 0.589. The van der Waals surface area contributed by atoms with E-state index < -0.39 is 6.10 Å². The second-order valence-corrected chi connectivity index (χ2v) is 5.15. The predicted octanol–water partition coefficient (Wildman–Crippen LogP) is 3.14. The summed E-state index contributed by atoms with van der Waals surface area (Å²) >= 11 is 9.14. The zero-order valence-electron chi connectivity index (χ0n) is 9.98. The van der Waals surface area contributed by atoms with Crippen LogP contribution in [0, 0.1) is 0 Å². The van der Waals surface area contributed by atoms with E-state index in [0.717, 1.165) is 0 Å². The van der Waals surface area contributed by atoms with Crippen molar-refractivity contribution in [1.29, 1.82) is 0 Å². The fourth-order valence-electron chi connectivity index (χ4n) is 1.63. The van der Waals surface area contributed by atoms with E-state index in [4.69, 9.17) is 16.0 Å². The van der Waals surface area contributed by atoms with E-state index in [1.807, 2.05) is 0 Å². The standard InChI is InChI=1S/C13H11BrClNO3/c1-16-13(18)10-6-9(14)12(19-10)11(17)7-3-2-4-8(15)5-7/h2-6,11,17H,1H3,(H,16,18). The summed E-state index contributed by atoms with van der Waals surface area (Å²) in [6.45, 7) is 0. The summed E-state index contributed by atoms with van der Waals surface area (Å²) < 4.78 is 5.90. The number of amides is 1. The van der Waals surface area contributed by atoms with Gasteiger partial charge >= 0.3 is 0 Å². The summed E-state index contributed by atoms with van der Waals surface area (Å²) in [7, 11) is 1.51. The van der Waals surface area contributed by atoms with Crippen LogP contribution in [0.2, 0.25) is 5.02 Å². The normalized spacial score (nSPS) is 12.2. The minimum absolute atomic E-state index is 0.130. The highest BCUT2D eigenvalue weighted by Crippen LogP contribution is 2.32. The van der Waals surface area contributed by atoms with Gasteiger partial charge in [-0.25, -0.2) is 0 Å². The smallest absolute Gasteiger partial charge is 0.286 e. The summed E-state index contributed by atoms with van der Waals surface area (Å²) in [6, 6.07) is 8.33. The van der Waals surface area contributed by atoms with E-state index in [2.05, 4.69) is 21.2 Å². The number of hydrogen-bond donors (Lipinski definition) is 2. The van der Waals surface area contributed by atoms with E-state index in [0.29, 0.717) is 15.1 Å². The van der Waals surface area contributed by atoms with Crippen LogP contribution < -0.4 is 5.32 Å². The molecular formula is C13H11BrClNO3. The minimum Gasteiger partial charge on any atom is -0.452 e. The van der Waals surface area contributed by atoms with E-state index in [9.17, 15) is 9.90 Å². The molecule has 2 rings (SSSR count). The number of aliphatic hydroxyl groups is 1. The first-order valence-electron chi connectivity index (χ1n) is 5.47.